The number of carbonyl (C=O) groups excluding carboxylic acids is 1. The maximum absolute atomic E-state index is 11.8. The molecule has 0 saturated heterocycles. The van der Waals surface area contributed by atoms with E-state index in [1.807, 2.05) is 36.4 Å². The van der Waals surface area contributed by atoms with Gasteiger partial charge in [0, 0.05) is 39.2 Å². The monoisotopic (exact) mass is 405 g/mol. The van der Waals surface area contributed by atoms with Crippen LogP contribution in [0.5, 0.6) is 5.75 Å². The first-order chi connectivity index (χ1) is 13.8. The molecule has 29 heavy (non-hydrogen) atoms. The van der Waals surface area contributed by atoms with Gasteiger partial charge in [0.05, 0.1) is 18.3 Å². The highest BCUT2D eigenvalue weighted by atomic mass is 32.1. The Morgan fingerprint density at radius 2 is 1.86 bits per heavy atom. The molecule has 0 aliphatic heterocycles. The summed E-state index contributed by atoms with van der Waals surface area (Å²) in [4.78, 5) is 16.6. The minimum absolute atomic E-state index is 0.0117. The Hall–Kier alpha value is -3.12. The molecule has 4 aromatic rings. The van der Waals surface area contributed by atoms with Crippen molar-refractivity contribution < 1.29 is 9.53 Å². The number of amides is 1. The number of fused-ring (bicyclic) bond motifs is 1. The molecule has 0 saturated carbocycles. The molecule has 4 rings (SSSR count). The molecule has 0 atom stereocenters. The van der Waals surface area contributed by atoms with Gasteiger partial charge in [-0.2, -0.15) is 0 Å². The Kier molecular flexibility index (Phi) is 4.67. The molecular weight excluding hydrogens is 382 g/mol. The highest BCUT2D eigenvalue weighted by Gasteiger charge is 2.20. The Morgan fingerprint density at radius 3 is 2.45 bits per heavy atom. The van der Waals surface area contributed by atoms with E-state index in [-0.39, 0.29) is 5.41 Å². The summed E-state index contributed by atoms with van der Waals surface area (Å²) >= 11 is 1.63. The van der Waals surface area contributed by atoms with Crippen molar-refractivity contribution in [1.29, 1.82) is 0 Å². The number of carbonyl (C=O) groups is 1. The summed E-state index contributed by atoms with van der Waals surface area (Å²) in [6.45, 7) is 6.48. The van der Waals surface area contributed by atoms with Gasteiger partial charge in [-0.3, -0.25) is 4.79 Å². The lowest BCUT2D eigenvalue weighted by atomic mass is 9.93. The van der Waals surface area contributed by atoms with Crippen LogP contribution >= 0.6 is 11.3 Å². The molecule has 0 bridgehead atoms. The van der Waals surface area contributed by atoms with Gasteiger partial charge < -0.3 is 15.0 Å². The van der Waals surface area contributed by atoms with Crippen LogP contribution in [0.15, 0.2) is 54.0 Å². The number of methoxy groups -OCH3 is 1. The quantitative estimate of drug-likeness (QED) is 0.510. The van der Waals surface area contributed by atoms with Gasteiger partial charge in [-0.05, 0) is 36.4 Å². The van der Waals surface area contributed by atoms with E-state index in [9.17, 15) is 4.79 Å². The molecule has 0 unspecified atom stereocenters. The van der Waals surface area contributed by atoms with Crippen molar-refractivity contribution in [2.75, 3.05) is 7.11 Å². The molecule has 2 aromatic heterocycles. The van der Waals surface area contributed by atoms with Crippen LogP contribution in [0, 0.1) is 0 Å². The van der Waals surface area contributed by atoms with Crippen LogP contribution in [-0.4, -0.2) is 22.6 Å². The number of hydrogen-bond acceptors (Lipinski definition) is 4. The number of rotatable bonds is 4. The van der Waals surface area contributed by atoms with Gasteiger partial charge in [0.15, 0.2) is 0 Å². The van der Waals surface area contributed by atoms with Crippen molar-refractivity contribution in [3.63, 3.8) is 0 Å². The van der Waals surface area contributed by atoms with Crippen molar-refractivity contribution in [2.24, 2.45) is 5.73 Å². The van der Waals surface area contributed by atoms with Crippen molar-refractivity contribution in [1.82, 2.24) is 9.55 Å². The summed E-state index contributed by atoms with van der Waals surface area (Å²) in [6, 6.07) is 13.4. The van der Waals surface area contributed by atoms with Crippen molar-refractivity contribution in [2.45, 2.75) is 26.2 Å². The van der Waals surface area contributed by atoms with Gasteiger partial charge >= 0.3 is 0 Å². The van der Waals surface area contributed by atoms with Gasteiger partial charge in [0.1, 0.15) is 10.8 Å². The summed E-state index contributed by atoms with van der Waals surface area (Å²) in [6.07, 6.45) is 2.07. The SMILES string of the molecule is COc1ccc(-n2cc(-c3nc(C(C)(C)C)cs3)c3ccc(C(N)=O)cc32)cc1. The highest BCUT2D eigenvalue weighted by molar-refractivity contribution is 7.13. The zero-order chi connectivity index (χ0) is 20.8. The molecule has 6 heteroatoms. The van der Waals surface area contributed by atoms with Gasteiger partial charge in [0.2, 0.25) is 5.91 Å². The molecule has 2 aromatic carbocycles. The van der Waals surface area contributed by atoms with Crippen LogP contribution in [-0.2, 0) is 5.41 Å². The average molecular weight is 406 g/mol. The Bertz CT molecular complexity index is 1200. The van der Waals surface area contributed by atoms with Crippen LogP contribution in [0.4, 0.5) is 0 Å². The third-order valence-electron chi connectivity index (χ3n) is 4.94. The predicted octanol–water partition coefficient (Wildman–Crippen LogP) is 5.16. The molecule has 0 spiro atoms. The lowest BCUT2D eigenvalue weighted by Crippen LogP contribution is -2.11. The second-order valence-corrected chi connectivity index (χ2v) is 8.85. The fourth-order valence-corrected chi connectivity index (χ4v) is 4.32. The lowest BCUT2D eigenvalue weighted by Gasteiger charge is -2.14. The van der Waals surface area contributed by atoms with E-state index < -0.39 is 5.91 Å². The zero-order valence-corrected chi connectivity index (χ0v) is 17.7. The minimum Gasteiger partial charge on any atom is -0.497 e. The lowest BCUT2D eigenvalue weighted by molar-refractivity contribution is 0.100. The largest absolute Gasteiger partial charge is 0.497 e. The van der Waals surface area contributed by atoms with E-state index in [4.69, 9.17) is 15.5 Å². The molecule has 0 aliphatic rings. The second-order valence-electron chi connectivity index (χ2n) is 7.99. The van der Waals surface area contributed by atoms with E-state index in [0.29, 0.717) is 5.56 Å². The smallest absolute Gasteiger partial charge is 0.248 e. The zero-order valence-electron chi connectivity index (χ0n) is 16.9. The normalized spacial score (nSPS) is 11.7. The third kappa shape index (κ3) is 3.51. The third-order valence-corrected chi connectivity index (χ3v) is 5.82. The summed E-state index contributed by atoms with van der Waals surface area (Å²) < 4.78 is 7.34. The molecule has 148 valence electrons. The maximum atomic E-state index is 11.8. The van der Waals surface area contributed by atoms with Gasteiger partial charge in [-0.15, -0.1) is 11.3 Å². The number of ether oxygens (including phenoxy) is 1. The maximum Gasteiger partial charge on any atom is 0.248 e. The number of nitrogens with two attached hydrogens (primary N) is 1. The Labute approximate surface area is 173 Å². The molecule has 5 nitrogen and oxygen atoms in total. The van der Waals surface area contributed by atoms with E-state index in [0.717, 1.165) is 38.6 Å². The van der Waals surface area contributed by atoms with Gasteiger partial charge in [-0.25, -0.2) is 4.98 Å². The first-order valence-corrected chi connectivity index (χ1v) is 10.2. The Morgan fingerprint density at radius 1 is 1.14 bits per heavy atom. The molecule has 2 heterocycles. The minimum atomic E-state index is -0.444. The number of primary amides is 1. The van der Waals surface area contributed by atoms with Crippen LogP contribution < -0.4 is 10.5 Å². The van der Waals surface area contributed by atoms with Crippen LogP contribution in [0.1, 0.15) is 36.8 Å². The van der Waals surface area contributed by atoms with Gasteiger partial charge in [-0.1, -0.05) is 26.8 Å². The van der Waals surface area contributed by atoms with Crippen molar-refractivity contribution in [3.8, 4) is 22.0 Å². The highest BCUT2D eigenvalue weighted by Crippen LogP contribution is 2.37. The molecule has 1 amide bonds. The predicted molar refractivity (Wildman–Crippen MR) is 118 cm³/mol. The fourth-order valence-electron chi connectivity index (χ4n) is 3.25. The molecule has 2 N–H and O–H groups in total. The second kappa shape index (κ2) is 7.04. The van der Waals surface area contributed by atoms with Crippen molar-refractivity contribution >= 4 is 28.1 Å². The van der Waals surface area contributed by atoms with Crippen molar-refractivity contribution in [3.05, 3.63) is 65.3 Å². The fraction of sp³-hybridized carbons (Fsp3) is 0.217. The number of benzene rings is 2. The Balaban J connectivity index is 1.93. The summed E-state index contributed by atoms with van der Waals surface area (Å²) in [5.41, 5.74) is 9.97. The molecule has 0 radical (unpaired) electrons. The van der Waals surface area contributed by atoms with E-state index in [1.165, 1.54) is 0 Å². The summed E-state index contributed by atoms with van der Waals surface area (Å²) in [5.74, 6) is 0.346. The number of thiazole rings is 1. The molecular formula is C23H23N3O2S. The van der Waals surface area contributed by atoms with Crippen LogP contribution in [0.2, 0.25) is 0 Å². The number of nitrogens with zero attached hydrogens (tertiary/aromatic N) is 2. The van der Waals surface area contributed by atoms with Crippen LogP contribution in [0.25, 0.3) is 27.2 Å². The molecule has 0 fully saturated rings. The first-order valence-electron chi connectivity index (χ1n) is 9.33. The van der Waals surface area contributed by atoms with E-state index >= 15 is 0 Å². The summed E-state index contributed by atoms with van der Waals surface area (Å²) in [7, 11) is 1.65. The van der Waals surface area contributed by atoms with E-state index in [1.54, 1.807) is 24.5 Å². The standard InChI is InChI=1S/C23H23N3O2S/c1-23(2,3)20-13-29-22(25-20)18-12-26(15-6-8-16(28-4)9-7-15)19-11-14(21(24)27)5-10-17(18)19/h5-13H,1-4H3,(H2,24,27). The number of hydrogen-bond donors (Lipinski definition) is 1. The first kappa shape index (κ1) is 19.2. The molecule has 0 aliphatic carbocycles. The number of aromatic nitrogens is 2. The van der Waals surface area contributed by atoms with E-state index in [2.05, 4.69) is 36.9 Å². The topological polar surface area (TPSA) is 70.1 Å². The van der Waals surface area contributed by atoms with Gasteiger partial charge in [0.25, 0.3) is 0 Å². The summed E-state index contributed by atoms with van der Waals surface area (Å²) in [5, 5.41) is 4.10. The average Bonchev–Trinajstić information content (AvgIpc) is 3.32. The van der Waals surface area contributed by atoms with Crippen LogP contribution in [0.3, 0.4) is 0 Å².